The largest absolute Gasteiger partial charge is 0.348 e. The molecule has 1 atom stereocenters. The standard InChI is InChI=1S/C17H22N2OS/c1-11(2)10-12(3)18-17(20)15-16(21-13(4)19-15)14-8-6-5-7-9-14/h5-9,11-12H,10H2,1-4H3,(H,18,20). The molecule has 0 fully saturated rings. The maximum atomic E-state index is 12.5. The average Bonchev–Trinajstić information content (AvgIpc) is 2.81. The molecule has 21 heavy (non-hydrogen) atoms. The summed E-state index contributed by atoms with van der Waals surface area (Å²) in [6, 6.07) is 10.1. The minimum Gasteiger partial charge on any atom is -0.348 e. The Morgan fingerprint density at radius 2 is 1.90 bits per heavy atom. The van der Waals surface area contributed by atoms with Crippen molar-refractivity contribution in [1.82, 2.24) is 10.3 Å². The highest BCUT2D eigenvalue weighted by Gasteiger charge is 2.19. The molecule has 1 N–H and O–H groups in total. The maximum absolute atomic E-state index is 12.5. The molecule has 1 aromatic carbocycles. The van der Waals surface area contributed by atoms with E-state index in [0.717, 1.165) is 21.9 Å². The zero-order valence-electron chi connectivity index (χ0n) is 13.0. The summed E-state index contributed by atoms with van der Waals surface area (Å²) in [6.45, 7) is 8.29. The van der Waals surface area contributed by atoms with Crippen LogP contribution in [0, 0.1) is 12.8 Å². The van der Waals surface area contributed by atoms with Gasteiger partial charge in [0.1, 0.15) is 5.69 Å². The Bertz CT molecular complexity index is 605. The van der Waals surface area contributed by atoms with Crippen LogP contribution in [0.1, 0.15) is 42.7 Å². The Balaban J connectivity index is 2.22. The lowest BCUT2D eigenvalue weighted by Crippen LogP contribution is -2.34. The zero-order valence-corrected chi connectivity index (χ0v) is 13.8. The molecule has 0 aliphatic carbocycles. The Hall–Kier alpha value is -1.68. The van der Waals surface area contributed by atoms with E-state index >= 15 is 0 Å². The minimum absolute atomic E-state index is 0.0775. The van der Waals surface area contributed by atoms with Gasteiger partial charge in [-0.3, -0.25) is 4.79 Å². The van der Waals surface area contributed by atoms with Gasteiger partial charge in [0.2, 0.25) is 0 Å². The molecule has 2 aromatic rings. The molecule has 0 aliphatic rings. The van der Waals surface area contributed by atoms with Crippen LogP contribution in [0.25, 0.3) is 10.4 Å². The number of hydrogen-bond acceptors (Lipinski definition) is 3. The van der Waals surface area contributed by atoms with Gasteiger partial charge in [0.25, 0.3) is 5.91 Å². The molecule has 3 nitrogen and oxygen atoms in total. The number of nitrogens with zero attached hydrogens (tertiary/aromatic N) is 1. The van der Waals surface area contributed by atoms with Gasteiger partial charge >= 0.3 is 0 Å². The van der Waals surface area contributed by atoms with Crippen molar-refractivity contribution < 1.29 is 4.79 Å². The lowest BCUT2D eigenvalue weighted by atomic mass is 10.1. The summed E-state index contributed by atoms with van der Waals surface area (Å²) < 4.78 is 0. The quantitative estimate of drug-likeness (QED) is 0.895. The monoisotopic (exact) mass is 302 g/mol. The van der Waals surface area contributed by atoms with Gasteiger partial charge in [-0.1, -0.05) is 44.2 Å². The normalized spacial score (nSPS) is 12.4. The topological polar surface area (TPSA) is 42.0 Å². The van der Waals surface area contributed by atoms with E-state index in [1.165, 1.54) is 0 Å². The number of aromatic nitrogens is 1. The zero-order chi connectivity index (χ0) is 15.4. The van der Waals surface area contributed by atoms with E-state index in [2.05, 4.69) is 24.1 Å². The van der Waals surface area contributed by atoms with Crippen LogP contribution in [0.3, 0.4) is 0 Å². The summed E-state index contributed by atoms with van der Waals surface area (Å²) in [5.74, 6) is 0.484. The fourth-order valence-corrected chi connectivity index (χ4v) is 3.35. The molecular formula is C17H22N2OS. The maximum Gasteiger partial charge on any atom is 0.271 e. The Morgan fingerprint density at radius 3 is 2.52 bits per heavy atom. The van der Waals surface area contributed by atoms with Crippen molar-refractivity contribution in [3.8, 4) is 10.4 Å². The van der Waals surface area contributed by atoms with E-state index < -0.39 is 0 Å². The SMILES string of the molecule is Cc1nc(C(=O)NC(C)CC(C)C)c(-c2ccccc2)s1. The number of carbonyl (C=O) groups is 1. The minimum atomic E-state index is -0.0775. The van der Waals surface area contributed by atoms with Crippen molar-refractivity contribution >= 4 is 17.2 Å². The van der Waals surface area contributed by atoms with E-state index in [1.807, 2.05) is 44.2 Å². The number of aryl methyl sites for hydroxylation is 1. The lowest BCUT2D eigenvalue weighted by Gasteiger charge is -2.15. The first-order valence-electron chi connectivity index (χ1n) is 7.31. The first-order valence-corrected chi connectivity index (χ1v) is 8.12. The first-order chi connectivity index (χ1) is 9.97. The van der Waals surface area contributed by atoms with Gasteiger partial charge in [-0.25, -0.2) is 4.98 Å². The third kappa shape index (κ3) is 4.14. The molecule has 2 rings (SSSR count). The third-order valence-electron chi connectivity index (χ3n) is 3.19. The van der Waals surface area contributed by atoms with Crippen molar-refractivity contribution in [2.75, 3.05) is 0 Å². The molecular weight excluding hydrogens is 280 g/mol. The van der Waals surface area contributed by atoms with Gasteiger partial charge in [-0.05, 0) is 31.7 Å². The van der Waals surface area contributed by atoms with E-state index in [4.69, 9.17) is 0 Å². The van der Waals surface area contributed by atoms with Crippen molar-refractivity contribution in [3.63, 3.8) is 0 Å². The predicted molar refractivity (Wildman–Crippen MR) is 88.7 cm³/mol. The van der Waals surface area contributed by atoms with Crippen molar-refractivity contribution in [2.24, 2.45) is 5.92 Å². The highest BCUT2D eigenvalue weighted by atomic mass is 32.1. The molecule has 1 aromatic heterocycles. The van der Waals surface area contributed by atoms with Gasteiger partial charge in [-0.15, -0.1) is 11.3 Å². The second-order valence-corrected chi connectivity index (χ2v) is 6.98. The van der Waals surface area contributed by atoms with Crippen LogP contribution in [0.5, 0.6) is 0 Å². The number of benzene rings is 1. The lowest BCUT2D eigenvalue weighted by molar-refractivity contribution is 0.0932. The van der Waals surface area contributed by atoms with Crippen molar-refractivity contribution in [3.05, 3.63) is 41.0 Å². The second-order valence-electron chi connectivity index (χ2n) is 5.78. The van der Waals surface area contributed by atoms with Crippen LogP contribution in [0.2, 0.25) is 0 Å². The van der Waals surface area contributed by atoms with E-state index in [9.17, 15) is 4.79 Å². The highest BCUT2D eigenvalue weighted by molar-refractivity contribution is 7.15. The number of rotatable bonds is 5. The molecule has 112 valence electrons. The van der Waals surface area contributed by atoms with E-state index in [0.29, 0.717) is 11.6 Å². The van der Waals surface area contributed by atoms with Crippen LogP contribution in [0.15, 0.2) is 30.3 Å². The fourth-order valence-electron chi connectivity index (χ4n) is 2.42. The summed E-state index contributed by atoms with van der Waals surface area (Å²) >= 11 is 1.56. The molecule has 0 saturated carbocycles. The summed E-state index contributed by atoms with van der Waals surface area (Å²) in [6.07, 6.45) is 0.968. The Kier molecular flexibility index (Phi) is 5.12. The fraction of sp³-hybridized carbons (Fsp3) is 0.412. The summed E-state index contributed by atoms with van der Waals surface area (Å²) in [4.78, 5) is 17.8. The molecule has 0 spiro atoms. The Morgan fingerprint density at radius 1 is 1.24 bits per heavy atom. The smallest absolute Gasteiger partial charge is 0.271 e. The van der Waals surface area contributed by atoms with Crippen LogP contribution < -0.4 is 5.32 Å². The van der Waals surface area contributed by atoms with Gasteiger partial charge < -0.3 is 5.32 Å². The second kappa shape index (κ2) is 6.85. The number of amides is 1. The van der Waals surface area contributed by atoms with Gasteiger partial charge in [0.05, 0.1) is 9.88 Å². The summed E-state index contributed by atoms with van der Waals surface area (Å²) in [7, 11) is 0. The summed E-state index contributed by atoms with van der Waals surface area (Å²) in [5.41, 5.74) is 1.59. The number of hydrogen-bond donors (Lipinski definition) is 1. The van der Waals surface area contributed by atoms with Crippen LogP contribution in [-0.4, -0.2) is 16.9 Å². The molecule has 0 radical (unpaired) electrons. The van der Waals surface area contributed by atoms with Gasteiger partial charge in [0.15, 0.2) is 0 Å². The number of thiazole rings is 1. The van der Waals surface area contributed by atoms with Crippen LogP contribution >= 0.6 is 11.3 Å². The van der Waals surface area contributed by atoms with Crippen molar-refractivity contribution in [1.29, 1.82) is 0 Å². The molecule has 1 amide bonds. The average molecular weight is 302 g/mol. The molecule has 0 saturated heterocycles. The molecule has 1 heterocycles. The highest BCUT2D eigenvalue weighted by Crippen LogP contribution is 2.30. The van der Waals surface area contributed by atoms with Gasteiger partial charge in [-0.2, -0.15) is 0 Å². The summed E-state index contributed by atoms with van der Waals surface area (Å²) in [5, 5.41) is 3.97. The first kappa shape index (κ1) is 15.7. The van der Waals surface area contributed by atoms with Gasteiger partial charge in [0, 0.05) is 6.04 Å². The van der Waals surface area contributed by atoms with E-state index in [-0.39, 0.29) is 11.9 Å². The third-order valence-corrected chi connectivity index (χ3v) is 4.21. The number of nitrogens with one attached hydrogen (secondary N) is 1. The van der Waals surface area contributed by atoms with Crippen LogP contribution in [-0.2, 0) is 0 Å². The molecule has 0 aliphatic heterocycles. The number of carbonyl (C=O) groups excluding carboxylic acids is 1. The van der Waals surface area contributed by atoms with Crippen LogP contribution in [0.4, 0.5) is 0 Å². The van der Waals surface area contributed by atoms with E-state index in [1.54, 1.807) is 11.3 Å². The Labute approximate surface area is 130 Å². The molecule has 0 bridgehead atoms. The predicted octanol–water partition coefficient (Wildman–Crippen LogP) is 4.28. The molecule has 4 heteroatoms. The molecule has 1 unspecified atom stereocenters. The van der Waals surface area contributed by atoms with Crippen molar-refractivity contribution in [2.45, 2.75) is 40.2 Å².